The smallest absolute Gasteiger partial charge is 0.320 e. The number of ether oxygens (including phenoxy) is 2. The summed E-state index contributed by atoms with van der Waals surface area (Å²) in [6.45, 7) is 2.18. The van der Waals surface area contributed by atoms with Gasteiger partial charge in [0.2, 0.25) is 0 Å². The highest BCUT2D eigenvalue weighted by molar-refractivity contribution is 5.94. The maximum absolute atomic E-state index is 11.4. The van der Waals surface area contributed by atoms with E-state index in [1.54, 1.807) is 6.08 Å². The second kappa shape index (κ2) is 11.5. The lowest BCUT2D eigenvalue weighted by atomic mass is 10.1. The van der Waals surface area contributed by atoms with E-state index in [1.807, 2.05) is 6.08 Å². The number of hydrogen-bond donors (Lipinski definition) is 0. The molecule has 0 aliphatic rings. The molecule has 0 aliphatic heterocycles. The van der Waals surface area contributed by atoms with Crippen molar-refractivity contribution in [2.24, 2.45) is 5.92 Å². The van der Waals surface area contributed by atoms with Crippen molar-refractivity contribution in [2.45, 2.75) is 45.4 Å². The van der Waals surface area contributed by atoms with Gasteiger partial charge in [0, 0.05) is 0 Å². The van der Waals surface area contributed by atoms with Gasteiger partial charge in [0.05, 0.1) is 14.2 Å². The Kier molecular flexibility index (Phi) is 10.6. The monoisotopic (exact) mass is 268 g/mol. The maximum atomic E-state index is 11.4. The van der Waals surface area contributed by atoms with Crippen LogP contribution in [0.3, 0.4) is 0 Å². The maximum Gasteiger partial charge on any atom is 0.320 e. The molecule has 0 N–H and O–H groups in total. The third kappa shape index (κ3) is 8.22. The van der Waals surface area contributed by atoms with E-state index in [0.717, 1.165) is 12.8 Å². The fourth-order valence-electron chi connectivity index (χ4n) is 1.60. The summed E-state index contributed by atoms with van der Waals surface area (Å²) >= 11 is 0. The lowest BCUT2D eigenvalue weighted by molar-refractivity contribution is -0.158. The topological polar surface area (TPSA) is 52.6 Å². The van der Waals surface area contributed by atoms with Crippen LogP contribution in [0.1, 0.15) is 45.4 Å². The normalized spacial score (nSPS) is 9.68. The predicted molar refractivity (Wildman–Crippen MR) is 73.6 cm³/mol. The van der Waals surface area contributed by atoms with E-state index in [0.29, 0.717) is 0 Å². The van der Waals surface area contributed by atoms with Crippen molar-refractivity contribution in [3.8, 4) is 0 Å². The Labute approximate surface area is 115 Å². The van der Waals surface area contributed by atoms with E-state index in [-0.39, 0.29) is 6.42 Å². The molecule has 0 bridgehead atoms. The number of hydrogen-bond acceptors (Lipinski definition) is 4. The first-order valence-electron chi connectivity index (χ1n) is 6.72. The quantitative estimate of drug-likeness (QED) is 0.279. The van der Waals surface area contributed by atoms with E-state index in [2.05, 4.69) is 22.1 Å². The second-order valence-electron chi connectivity index (χ2n) is 4.26. The number of unbranched alkanes of at least 4 members (excludes halogenated alkanes) is 4. The summed E-state index contributed by atoms with van der Waals surface area (Å²) in [4.78, 5) is 22.7. The van der Waals surface area contributed by atoms with Gasteiger partial charge in [0.25, 0.3) is 0 Å². The zero-order valence-electron chi connectivity index (χ0n) is 12.1. The summed E-state index contributed by atoms with van der Waals surface area (Å²) < 4.78 is 9.12. The number of esters is 2. The van der Waals surface area contributed by atoms with Gasteiger partial charge in [0.15, 0.2) is 5.92 Å². The highest BCUT2D eigenvalue weighted by Gasteiger charge is 2.26. The molecular weight excluding hydrogens is 244 g/mol. The number of allylic oxidation sites excluding steroid dienone is 1. The number of rotatable bonds is 9. The highest BCUT2D eigenvalue weighted by Crippen LogP contribution is 2.08. The third-order valence-electron chi connectivity index (χ3n) is 2.76. The Morgan fingerprint density at radius 2 is 1.68 bits per heavy atom. The molecule has 0 spiro atoms. The van der Waals surface area contributed by atoms with Crippen LogP contribution in [0.5, 0.6) is 0 Å². The molecular formula is C15H24O4. The first-order chi connectivity index (χ1) is 9.17. The van der Waals surface area contributed by atoms with Crippen molar-refractivity contribution in [2.75, 3.05) is 14.2 Å². The van der Waals surface area contributed by atoms with Crippen molar-refractivity contribution in [3.63, 3.8) is 0 Å². The minimum atomic E-state index is -0.893. The van der Waals surface area contributed by atoms with E-state index >= 15 is 0 Å². The lowest BCUT2D eigenvalue weighted by Gasteiger charge is -2.08. The van der Waals surface area contributed by atoms with Crippen molar-refractivity contribution in [3.05, 3.63) is 17.9 Å². The van der Waals surface area contributed by atoms with Crippen molar-refractivity contribution >= 4 is 11.9 Å². The molecule has 108 valence electrons. The summed E-state index contributed by atoms with van der Waals surface area (Å²) in [5, 5.41) is 0. The Balaban J connectivity index is 4.13. The van der Waals surface area contributed by atoms with Crippen LogP contribution in [-0.4, -0.2) is 26.2 Å². The van der Waals surface area contributed by atoms with Crippen molar-refractivity contribution < 1.29 is 19.1 Å². The van der Waals surface area contributed by atoms with E-state index in [4.69, 9.17) is 0 Å². The predicted octanol–water partition coefficient (Wildman–Crippen LogP) is 3.02. The molecule has 0 aliphatic carbocycles. The minimum Gasteiger partial charge on any atom is -0.468 e. The lowest BCUT2D eigenvalue weighted by Crippen LogP contribution is -2.25. The van der Waals surface area contributed by atoms with E-state index in [1.165, 1.54) is 33.5 Å². The van der Waals surface area contributed by atoms with Gasteiger partial charge in [-0.1, -0.05) is 26.2 Å². The minimum absolute atomic E-state index is 0.255. The van der Waals surface area contributed by atoms with Crippen LogP contribution < -0.4 is 0 Å². The Morgan fingerprint density at radius 3 is 2.21 bits per heavy atom. The average molecular weight is 268 g/mol. The van der Waals surface area contributed by atoms with Crippen LogP contribution in [0.25, 0.3) is 0 Å². The van der Waals surface area contributed by atoms with Crippen LogP contribution in [-0.2, 0) is 19.1 Å². The van der Waals surface area contributed by atoms with Crippen molar-refractivity contribution in [1.29, 1.82) is 0 Å². The largest absolute Gasteiger partial charge is 0.468 e. The van der Waals surface area contributed by atoms with Gasteiger partial charge in [-0.15, -0.1) is 5.73 Å². The summed E-state index contributed by atoms with van der Waals surface area (Å²) in [6.07, 6.45) is 9.68. The first kappa shape index (κ1) is 17.5. The SMILES string of the molecule is CCCCCCC=C=CCC(C(=O)OC)C(=O)OC. The number of carbonyl (C=O) groups is 2. The summed E-state index contributed by atoms with van der Waals surface area (Å²) in [6, 6.07) is 0. The van der Waals surface area contributed by atoms with Crippen molar-refractivity contribution in [1.82, 2.24) is 0 Å². The second-order valence-corrected chi connectivity index (χ2v) is 4.26. The molecule has 4 heteroatoms. The van der Waals surface area contributed by atoms with E-state index in [9.17, 15) is 9.59 Å². The first-order valence-corrected chi connectivity index (χ1v) is 6.72. The van der Waals surface area contributed by atoms with E-state index < -0.39 is 17.9 Å². The zero-order chi connectivity index (χ0) is 14.5. The van der Waals surface area contributed by atoms with Crippen LogP contribution >= 0.6 is 0 Å². The summed E-state index contributed by atoms with van der Waals surface area (Å²) in [5.41, 5.74) is 2.99. The Bertz CT molecular complexity index is 311. The Hall–Kier alpha value is -1.54. The molecule has 0 aromatic rings. The fraction of sp³-hybridized carbons (Fsp3) is 0.667. The molecule has 0 heterocycles. The number of carbonyl (C=O) groups excluding carboxylic acids is 2. The number of methoxy groups -OCH3 is 2. The molecule has 4 nitrogen and oxygen atoms in total. The van der Waals surface area contributed by atoms with Gasteiger partial charge in [-0.3, -0.25) is 9.59 Å². The molecule has 0 rings (SSSR count). The molecule has 19 heavy (non-hydrogen) atoms. The molecule has 0 fully saturated rings. The molecule has 0 aromatic heterocycles. The van der Waals surface area contributed by atoms with Gasteiger partial charge >= 0.3 is 11.9 Å². The standard InChI is InChI=1S/C15H24O4/c1-4-5-6-7-8-9-10-11-12-13(14(16)18-2)15(17)19-3/h9,11,13H,4-8,12H2,1-3H3. The zero-order valence-corrected chi connectivity index (χ0v) is 12.1. The highest BCUT2D eigenvalue weighted by atomic mass is 16.5. The van der Waals surface area contributed by atoms with Gasteiger partial charge in [0.1, 0.15) is 0 Å². The van der Waals surface area contributed by atoms with Crippen LogP contribution in [0, 0.1) is 5.92 Å². The fourth-order valence-corrected chi connectivity index (χ4v) is 1.60. The summed E-state index contributed by atoms with van der Waals surface area (Å²) in [5.74, 6) is -2.04. The summed E-state index contributed by atoms with van der Waals surface area (Å²) in [7, 11) is 2.51. The van der Waals surface area contributed by atoms with Gasteiger partial charge in [-0.2, -0.15) is 0 Å². The van der Waals surface area contributed by atoms with Gasteiger partial charge < -0.3 is 9.47 Å². The molecule has 0 aromatic carbocycles. The third-order valence-corrected chi connectivity index (χ3v) is 2.76. The van der Waals surface area contributed by atoms with Crippen LogP contribution in [0.15, 0.2) is 17.9 Å². The van der Waals surface area contributed by atoms with Crippen LogP contribution in [0.4, 0.5) is 0 Å². The molecule has 0 atom stereocenters. The average Bonchev–Trinajstić information content (AvgIpc) is 2.44. The molecule has 0 saturated carbocycles. The van der Waals surface area contributed by atoms with Crippen LogP contribution in [0.2, 0.25) is 0 Å². The Morgan fingerprint density at radius 1 is 1.05 bits per heavy atom. The molecule has 0 amide bonds. The van der Waals surface area contributed by atoms with Gasteiger partial charge in [-0.05, 0) is 31.4 Å². The molecule has 0 unspecified atom stereocenters. The molecule has 0 radical (unpaired) electrons. The van der Waals surface area contributed by atoms with Gasteiger partial charge in [-0.25, -0.2) is 0 Å². The molecule has 0 saturated heterocycles.